The van der Waals surface area contributed by atoms with E-state index in [1.165, 1.54) is 12.1 Å². The van der Waals surface area contributed by atoms with E-state index < -0.39 is 0 Å². The van der Waals surface area contributed by atoms with Crippen LogP contribution in [0.3, 0.4) is 0 Å². The highest BCUT2D eigenvalue weighted by atomic mass is 19.1. The predicted octanol–water partition coefficient (Wildman–Crippen LogP) is 3.32. The zero-order valence-electron chi connectivity index (χ0n) is 15.6. The summed E-state index contributed by atoms with van der Waals surface area (Å²) in [6.07, 6.45) is 4.31. The van der Waals surface area contributed by atoms with E-state index in [2.05, 4.69) is 25.6 Å². The third-order valence-electron chi connectivity index (χ3n) is 3.90. The number of nitrogens with one attached hydrogen (secondary N) is 2. The van der Waals surface area contributed by atoms with Gasteiger partial charge in [0, 0.05) is 56.8 Å². The maximum absolute atomic E-state index is 13.2. The number of aromatic nitrogens is 2. The summed E-state index contributed by atoms with van der Waals surface area (Å²) < 4.78 is 18.7. The quantitative estimate of drug-likeness (QED) is 0.487. The monoisotopic (exact) mass is 379 g/mol. The van der Waals surface area contributed by atoms with Crippen molar-refractivity contribution in [3.05, 3.63) is 84.1 Å². The third kappa shape index (κ3) is 6.05. The van der Waals surface area contributed by atoms with Crippen LogP contribution >= 0.6 is 0 Å². The van der Waals surface area contributed by atoms with Crippen molar-refractivity contribution in [2.24, 2.45) is 4.99 Å². The molecule has 7 heteroatoms. The molecule has 3 aromatic rings. The molecule has 0 saturated carbocycles. The molecule has 0 aliphatic heterocycles. The SMILES string of the molecule is CN=C(NCCc1ccccn1)NCc1ccc(Oc2cccc(F)c2)nc1. The normalized spacial score (nSPS) is 11.1. The molecule has 0 aliphatic carbocycles. The summed E-state index contributed by atoms with van der Waals surface area (Å²) in [7, 11) is 1.73. The molecule has 3 rings (SSSR count). The van der Waals surface area contributed by atoms with Gasteiger partial charge in [-0.25, -0.2) is 9.37 Å². The van der Waals surface area contributed by atoms with Crippen LogP contribution in [0.15, 0.2) is 72.0 Å². The first-order valence-electron chi connectivity index (χ1n) is 8.96. The van der Waals surface area contributed by atoms with Crippen molar-refractivity contribution in [2.75, 3.05) is 13.6 Å². The van der Waals surface area contributed by atoms with Gasteiger partial charge in [-0.3, -0.25) is 9.98 Å². The average Bonchev–Trinajstić information content (AvgIpc) is 2.72. The van der Waals surface area contributed by atoms with E-state index in [0.29, 0.717) is 24.1 Å². The van der Waals surface area contributed by atoms with Crippen LogP contribution in [0, 0.1) is 5.82 Å². The first kappa shape index (κ1) is 19.3. The van der Waals surface area contributed by atoms with Crippen molar-refractivity contribution in [3.63, 3.8) is 0 Å². The summed E-state index contributed by atoms with van der Waals surface area (Å²) in [5, 5.41) is 6.49. The Morgan fingerprint density at radius 3 is 2.71 bits per heavy atom. The topological polar surface area (TPSA) is 71.4 Å². The highest BCUT2D eigenvalue weighted by Crippen LogP contribution is 2.19. The minimum absolute atomic E-state index is 0.347. The lowest BCUT2D eigenvalue weighted by atomic mass is 10.3. The third-order valence-corrected chi connectivity index (χ3v) is 3.90. The second-order valence-corrected chi connectivity index (χ2v) is 5.99. The summed E-state index contributed by atoms with van der Waals surface area (Å²) in [4.78, 5) is 12.8. The van der Waals surface area contributed by atoms with E-state index in [-0.39, 0.29) is 5.82 Å². The van der Waals surface area contributed by atoms with Gasteiger partial charge in [0.15, 0.2) is 5.96 Å². The molecule has 0 spiro atoms. The molecule has 0 radical (unpaired) electrons. The maximum Gasteiger partial charge on any atom is 0.219 e. The van der Waals surface area contributed by atoms with Gasteiger partial charge in [0.2, 0.25) is 5.88 Å². The highest BCUT2D eigenvalue weighted by molar-refractivity contribution is 5.79. The molecule has 2 N–H and O–H groups in total. The van der Waals surface area contributed by atoms with Crippen molar-refractivity contribution in [1.29, 1.82) is 0 Å². The van der Waals surface area contributed by atoms with Gasteiger partial charge in [-0.2, -0.15) is 0 Å². The Hall–Kier alpha value is -3.48. The number of nitrogens with zero attached hydrogens (tertiary/aromatic N) is 3. The molecule has 28 heavy (non-hydrogen) atoms. The molecule has 0 amide bonds. The van der Waals surface area contributed by atoms with Gasteiger partial charge >= 0.3 is 0 Å². The summed E-state index contributed by atoms with van der Waals surface area (Å²) >= 11 is 0. The molecule has 0 unspecified atom stereocenters. The van der Waals surface area contributed by atoms with Gasteiger partial charge in [-0.1, -0.05) is 18.2 Å². The Kier molecular flexibility index (Phi) is 6.89. The van der Waals surface area contributed by atoms with Crippen molar-refractivity contribution in [1.82, 2.24) is 20.6 Å². The Morgan fingerprint density at radius 2 is 2.00 bits per heavy atom. The molecule has 144 valence electrons. The van der Waals surface area contributed by atoms with E-state index in [9.17, 15) is 4.39 Å². The van der Waals surface area contributed by atoms with Gasteiger partial charge in [0.25, 0.3) is 0 Å². The number of rotatable bonds is 7. The summed E-state index contributed by atoms with van der Waals surface area (Å²) in [5.74, 6) is 1.18. The molecular formula is C21H22FN5O. The number of halogens is 1. The largest absolute Gasteiger partial charge is 0.439 e. The molecule has 1 aromatic carbocycles. The van der Waals surface area contributed by atoms with Crippen LogP contribution in [-0.4, -0.2) is 29.5 Å². The van der Waals surface area contributed by atoms with Gasteiger partial charge in [-0.05, 0) is 29.8 Å². The Balaban J connectivity index is 1.45. The van der Waals surface area contributed by atoms with Gasteiger partial charge in [-0.15, -0.1) is 0 Å². The average molecular weight is 379 g/mol. The van der Waals surface area contributed by atoms with E-state index >= 15 is 0 Å². The van der Waals surface area contributed by atoms with Crippen molar-refractivity contribution >= 4 is 5.96 Å². The van der Waals surface area contributed by atoms with Crippen LogP contribution in [0.25, 0.3) is 0 Å². The van der Waals surface area contributed by atoms with Crippen LogP contribution in [0.4, 0.5) is 4.39 Å². The molecule has 0 saturated heterocycles. The summed E-state index contributed by atoms with van der Waals surface area (Å²) in [5.41, 5.74) is 2.00. The van der Waals surface area contributed by atoms with Crippen molar-refractivity contribution in [3.8, 4) is 11.6 Å². The predicted molar refractivity (Wildman–Crippen MR) is 107 cm³/mol. The lowest BCUT2D eigenvalue weighted by Crippen LogP contribution is -2.37. The Bertz CT molecular complexity index is 900. The molecule has 2 heterocycles. The van der Waals surface area contributed by atoms with E-state index in [1.807, 2.05) is 24.3 Å². The van der Waals surface area contributed by atoms with E-state index in [4.69, 9.17) is 4.74 Å². The number of pyridine rings is 2. The molecule has 6 nitrogen and oxygen atoms in total. The number of ether oxygens (including phenoxy) is 1. The zero-order valence-corrected chi connectivity index (χ0v) is 15.6. The van der Waals surface area contributed by atoms with Crippen molar-refractivity contribution in [2.45, 2.75) is 13.0 Å². The maximum atomic E-state index is 13.2. The molecule has 0 fully saturated rings. The smallest absolute Gasteiger partial charge is 0.219 e. The number of benzene rings is 1. The summed E-state index contributed by atoms with van der Waals surface area (Å²) in [6.45, 7) is 1.30. The fraction of sp³-hybridized carbons (Fsp3) is 0.190. The lowest BCUT2D eigenvalue weighted by Gasteiger charge is -2.12. The van der Waals surface area contributed by atoms with Crippen LogP contribution < -0.4 is 15.4 Å². The molecule has 0 bridgehead atoms. The zero-order chi connectivity index (χ0) is 19.6. The number of hydrogen-bond acceptors (Lipinski definition) is 4. The van der Waals surface area contributed by atoms with Gasteiger partial charge in [0.1, 0.15) is 11.6 Å². The molecule has 0 aliphatic rings. The van der Waals surface area contributed by atoms with Crippen LogP contribution in [0.1, 0.15) is 11.3 Å². The fourth-order valence-electron chi connectivity index (χ4n) is 2.49. The second-order valence-electron chi connectivity index (χ2n) is 5.99. The lowest BCUT2D eigenvalue weighted by molar-refractivity contribution is 0.457. The fourth-order valence-corrected chi connectivity index (χ4v) is 2.49. The van der Waals surface area contributed by atoms with Gasteiger partial charge in [0.05, 0.1) is 0 Å². The van der Waals surface area contributed by atoms with Crippen molar-refractivity contribution < 1.29 is 9.13 Å². The summed E-state index contributed by atoms with van der Waals surface area (Å²) in [6, 6.07) is 15.5. The minimum Gasteiger partial charge on any atom is -0.439 e. The Morgan fingerprint density at radius 1 is 1.07 bits per heavy atom. The standard InChI is InChI=1S/C21H22FN5O/c1-23-21(25-12-10-18-6-2-3-11-24-18)27-15-16-8-9-20(26-14-16)28-19-7-4-5-17(22)13-19/h2-9,11,13-14H,10,12,15H2,1H3,(H2,23,25,27). The number of hydrogen-bond donors (Lipinski definition) is 2. The second kappa shape index (κ2) is 10.0. The van der Waals surface area contributed by atoms with Gasteiger partial charge < -0.3 is 15.4 Å². The van der Waals surface area contributed by atoms with Crippen LogP contribution in [0.5, 0.6) is 11.6 Å². The van der Waals surface area contributed by atoms with Crippen LogP contribution in [0.2, 0.25) is 0 Å². The number of guanidine groups is 1. The molecule has 2 aromatic heterocycles. The molecule has 0 atom stereocenters. The van der Waals surface area contributed by atoms with E-state index in [0.717, 1.165) is 24.2 Å². The van der Waals surface area contributed by atoms with Crippen LogP contribution in [-0.2, 0) is 13.0 Å². The highest BCUT2D eigenvalue weighted by Gasteiger charge is 2.03. The minimum atomic E-state index is -0.347. The molecular weight excluding hydrogens is 357 g/mol. The first-order chi connectivity index (χ1) is 13.7. The number of aliphatic imine (C=N–C) groups is 1. The van der Waals surface area contributed by atoms with E-state index in [1.54, 1.807) is 37.6 Å². The Labute approximate surface area is 163 Å². The first-order valence-corrected chi connectivity index (χ1v) is 8.96.